The number of carboxylic acids is 1. The summed E-state index contributed by atoms with van der Waals surface area (Å²) in [5.74, 6) is -2.66. The lowest BCUT2D eigenvalue weighted by atomic mass is 10.0. The van der Waals surface area contributed by atoms with Gasteiger partial charge in [-0.25, -0.2) is 4.39 Å². The molecule has 0 fully saturated rings. The molecule has 1 heterocycles. The molecule has 4 nitrogen and oxygen atoms in total. The van der Waals surface area contributed by atoms with Gasteiger partial charge < -0.3 is 5.11 Å². The third kappa shape index (κ3) is 2.54. The van der Waals surface area contributed by atoms with Crippen LogP contribution in [0.5, 0.6) is 0 Å². The molecular formula is C14H12FNO3. The monoisotopic (exact) mass is 261 g/mol. The Hall–Kier alpha value is -2.43. The van der Waals surface area contributed by atoms with Crippen molar-refractivity contribution in [1.29, 1.82) is 0 Å². The van der Waals surface area contributed by atoms with Gasteiger partial charge in [-0.05, 0) is 25.1 Å². The fourth-order valence-electron chi connectivity index (χ4n) is 1.79. The van der Waals surface area contributed by atoms with Gasteiger partial charge in [-0.3, -0.25) is 14.2 Å². The summed E-state index contributed by atoms with van der Waals surface area (Å²) in [4.78, 5) is 22.4. The van der Waals surface area contributed by atoms with Crippen molar-refractivity contribution in [3.8, 4) is 5.69 Å². The molecular weight excluding hydrogens is 249 g/mol. The predicted octanol–water partition coefficient (Wildman–Crippen LogP) is 2.16. The molecule has 1 aromatic heterocycles. The molecule has 98 valence electrons. The van der Waals surface area contributed by atoms with E-state index in [1.165, 1.54) is 35.9 Å². The largest absolute Gasteiger partial charge is 0.481 e. The molecule has 1 atom stereocenters. The van der Waals surface area contributed by atoms with Crippen molar-refractivity contribution in [3.05, 3.63) is 64.3 Å². The standard InChI is InChI=1S/C14H12FNO3/c1-9(14(18)19)11-6-5-10(8-12(11)15)16-7-3-2-4-13(16)17/h2-9H,1H3,(H,18,19). The average Bonchev–Trinajstić information content (AvgIpc) is 2.38. The number of pyridine rings is 1. The second-order valence-corrected chi connectivity index (χ2v) is 4.17. The lowest BCUT2D eigenvalue weighted by Gasteiger charge is -2.10. The van der Waals surface area contributed by atoms with Gasteiger partial charge in [-0.1, -0.05) is 12.1 Å². The Kier molecular flexibility index (Phi) is 3.46. The Labute approximate surface area is 108 Å². The van der Waals surface area contributed by atoms with Gasteiger partial charge in [-0.15, -0.1) is 0 Å². The highest BCUT2D eigenvalue weighted by Crippen LogP contribution is 2.21. The summed E-state index contributed by atoms with van der Waals surface area (Å²) >= 11 is 0. The average molecular weight is 261 g/mol. The number of carboxylic acid groups (broad SMARTS) is 1. The lowest BCUT2D eigenvalue weighted by Crippen LogP contribution is -2.16. The van der Waals surface area contributed by atoms with Crippen LogP contribution in [0.1, 0.15) is 18.4 Å². The molecule has 19 heavy (non-hydrogen) atoms. The van der Waals surface area contributed by atoms with Crippen LogP contribution in [0, 0.1) is 5.82 Å². The van der Waals surface area contributed by atoms with Gasteiger partial charge in [0.1, 0.15) is 5.82 Å². The van der Waals surface area contributed by atoms with Crippen LogP contribution in [0.3, 0.4) is 0 Å². The number of aliphatic carboxylic acids is 1. The maximum Gasteiger partial charge on any atom is 0.310 e. The molecule has 0 aliphatic rings. The van der Waals surface area contributed by atoms with Crippen molar-refractivity contribution in [2.75, 3.05) is 0 Å². The predicted molar refractivity (Wildman–Crippen MR) is 68.0 cm³/mol. The highest BCUT2D eigenvalue weighted by atomic mass is 19.1. The Bertz CT molecular complexity index is 678. The van der Waals surface area contributed by atoms with Gasteiger partial charge in [0.25, 0.3) is 5.56 Å². The van der Waals surface area contributed by atoms with E-state index in [9.17, 15) is 14.0 Å². The Morgan fingerprint density at radius 3 is 2.63 bits per heavy atom. The molecule has 2 rings (SSSR count). The third-order valence-electron chi connectivity index (χ3n) is 2.92. The molecule has 5 heteroatoms. The van der Waals surface area contributed by atoms with Crippen molar-refractivity contribution in [3.63, 3.8) is 0 Å². The van der Waals surface area contributed by atoms with Crippen molar-refractivity contribution >= 4 is 5.97 Å². The van der Waals surface area contributed by atoms with Crippen LogP contribution in [0.15, 0.2) is 47.4 Å². The molecule has 1 unspecified atom stereocenters. The minimum atomic E-state index is -1.09. The SMILES string of the molecule is CC(C(=O)O)c1ccc(-n2ccccc2=O)cc1F. The Morgan fingerprint density at radius 2 is 2.05 bits per heavy atom. The van der Waals surface area contributed by atoms with Gasteiger partial charge in [0.15, 0.2) is 0 Å². The van der Waals surface area contributed by atoms with Crippen LogP contribution in [0.4, 0.5) is 4.39 Å². The minimum absolute atomic E-state index is 0.0974. The number of hydrogen-bond donors (Lipinski definition) is 1. The maximum atomic E-state index is 13.9. The van der Waals surface area contributed by atoms with E-state index >= 15 is 0 Å². The molecule has 0 amide bonds. The van der Waals surface area contributed by atoms with E-state index in [0.717, 1.165) is 6.07 Å². The number of aromatic nitrogens is 1. The highest BCUT2D eigenvalue weighted by molar-refractivity contribution is 5.75. The quantitative estimate of drug-likeness (QED) is 0.921. The molecule has 0 spiro atoms. The first-order valence-corrected chi connectivity index (χ1v) is 5.71. The Balaban J connectivity index is 2.48. The highest BCUT2D eigenvalue weighted by Gasteiger charge is 2.18. The van der Waals surface area contributed by atoms with Crippen LogP contribution >= 0.6 is 0 Å². The van der Waals surface area contributed by atoms with Gasteiger partial charge in [0, 0.05) is 17.8 Å². The van der Waals surface area contributed by atoms with E-state index in [-0.39, 0.29) is 11.1 Å². The number of rotatable bonds is 3. The summed E-state index contributed by atoms with van der Waals surface area (Å²) in [6.45, 7) is 1.41. The van der Waals surface area contributed by atoms with E-state index in [0.29, 0.717) is 5.69 Å². The van der Waals surface area contributed by atoms with Crippen molar-refractivity contribution in [2.45, 2.75) is 12.8 Å². The Morgan fingerprint density at radius 1 is 1.32 bits per heavy atom. The first-order chi connectivity index (χ1) is 9.00. The molecule has 2 aromatic rings. The number of benzene rings is 1. The van der Waals surface area contributed by atoms with E-state index < -0.39 is 17.7 Å². The molecule has 0 aliphatic heterocycles. The normalized spacial score (nSPS) is 12.1. The maximum absolute atomic E-state index is 13.9. The molecule has 1 aromatic carbocycles. The summed E-state index contributed by atoms with van der Waals surface area (Å²) in [6.07, 6.45) is 1.53. The topological polar surface area (TPSA) is 59.3 Å². The summed E-state index contributed by atoms with van der Waals surface area (Å²) in [5, 5.41) is 8.87. The van der Waals surface area contributed by atoms with Gasteiger partial charge in [0.05, 0.1) is 11.6 Å². The van der Waals surface area contributed by atoms with Crippen LogP contribution in [0.25, 0.3) is 5.69 Å². The van der Waals surface area contributed by atoms with Crippen molar-refractivity contribution in [2.24, 2.45) is 0 Å². The zero-order chi connectivity index (χ0) is 14.0. The number of hydrogen-bond acceptors (Lipinski definition) is 2. The fourth-order valence-corrected chi connectivity index (χ4v) is 1.79. The van der Waals surface area contributed by atoms with E-state index in [1.54, 1.807) is 12.1 Å². The second kappa shape index (κ2) is 5.06. The van der Waals surface area contributed by atoms with Gasteiger partial charge >= 0.3 is 5.97 Å². The van der Waals surface area contributed by atoms with Crippen LogP contribution in [-0.4, -0.2) is 15.6 Å². The van der Waals surface area contributed by atoms with Crippen LogP contribution < -0.4 is 5.56 Å². The van der Waals surface area contributed by atoms with Crippen LogP contribution in [0.2, 0.25) is 0 Å². The van der Waals surface area contributed by atoms with Crippen molar-refractivity contribution in [1.82, 2.24) is 4.57 Å². The summed E-state index contributed by atoms with van der Waals surface area (Å²) in [5.41, 5.74) is 0.186. The zero-order valence-electron chi connectivity index (χ0n) is 10.2. The van der Waals surface area contributed by atoms with Crippen molar-refractivity contribution < 1.29 is 14.3 Å². The minimum Gasteiger partial charge on any atom is -0.481 e. The zero-order valence-corrected chi connectivity index (χ0v) is 10.2. The van der Waals surface area contributed by atoms with Gasteiger partial charge in [0.2, 0.25) is 0 Å². The summed E-state index contributed by atoms with van der Waals surface area (Å²) < 4.78 is 15.2. The van der Waals surface area contributed by atoms with Gasteiger partial charge in [-0.2, -0.15) is 0 Å². The lowest BCUT2D eigenvalue weighted by molar-refractivity contribution is -0.138. The number of halogens is 1. The fraction of sp³-hybridized carbons (Fsp3) is 0.143. The molecule has 0 saturated carbocycles. The second-order valence-electron chi connectivity index (χ2n) is 4.17. The van der Waals surface area contributed by atoms with E-state index in [2.05, 4.69) is 0 Å². The first kappa shape index (κ1) is 13.0. The van der Waals surface area contributed by atoms with E-state index in [1.807, 2.05) is 0 Å². The number of nitrogens with zero attached hydrogens (tertiary/aromatic N) is 1. The molecule has 1 N–H and O–H groups in total. The molecule has 0 aliphatic carbocycles. The van der Waals surface area contributed by atoms with Crippen LogP contribution in [-0.2, 0) is 4.79 Å². The third-order valence-corrected chi connectivity index (χ3v) is 2.92. The molecule has 0 bridgehead atoms. The van der Waals surface area contributed by atoms with E-state index in [4.69, 9.17) is 5.11 Å². The smallest absolute Gasteiger partial charge is 0.310 e. The number of carbonyl (C=O) groups is 1. The summed E-state index contributed by atoms with van der Waals surface area (Å²) in [7, 11) is 0. The molecule has 0 radical (unpaired) electrons. The summed E-state index contributed by atoms with van der Waals surface area (Å²) in [6, 6.07) is 8.70. The molecule has 0 saturated heterocycles. The first-order valence-electron chi connectivity index (χ1n) is 5.71.